The number of hydrogen-bond acceptors (Lipinski definition) is 0. The van der Waals surface area contributed by atoms with Gasteiger partial charge in [-0.15, -0.1) is 0 Å². The molecule has 0 radical (unpaired) electrons. The molecule has 1 rings (SSSR count). The molecule has 0 aliphatic heterocycles. The smallest absolute Gasteiger partial charge is 0.0256 e. The summed E-state index contributed by atoms with van der Waals surface area (Å²) < 4.78 is 0. The van der Waals surface area contributed by atoms with Gasteiger partial charge < -0.3 is 0 Å². The van der Waals surface area contributed by atoms with Gasteiger partial charge in [-0.05, 0) is 18.1 Å². The van der Waals surface area contributed by atoms with Crippen LogP contribution < -0.4 is 0 Å². The maximum absolute atomic E-state index is 3.72. The lowest BCUT2D eigenvalue weighted by molar-refractivity contribution is 1.61. The molecular formula is C13H14. The zero-order valence-electron chi connectivity index (χ0n) is 7.90. The average molecular weight is 170 g/mol. The first-order valence-electron chi connectivity index (χ1n) is 4.38. The fraction of sp³-hybridized carbons (Fsp3) is 0.0769. The summed E-state index contributed by atoms with van der Waals surface area (Å²) in [6.07, 6.45) is 8.02. The van der Waals surface area contributed by atoms with Crippen LogP contribution in [0.2, 0.25) is 0 Å². The van der Waals surface area contributed by atoms with Gasteiger partial charge in [0.2, 0.25) is 0 Å². The van der Waals surface area contributed by atoms with Gasteiger partial charge in [-0.25, -0.2) is 0 Å². The third-order valence-electron chi connectivity index (χ3n) is 1.84. The van der Waals surface area contributed by atoms with E-state index in [1.54, 1.807) is 0 Å². The van der Waals surface area contributed by atoms with Crippen molar-refractivity contribution < 1.29 is 0 Å². The maximum atomic E-state index is 3.72. The van der Waals surface area contributed by atoms with Crippen LogP contribution in [0, 0.1) is 0 Å². The molecule has 66 valence electrons. The quantitative estimate of drug-likeness (QED) is 0.605. The van der Waals surface area contributed by atoms with E-state index in [0.717, 1.165) is 5.57 Å². The summed E-state index contributed by atoms with van der Waals surface area (Å²) >= 11 is 0. The molecule has 0 aliphatic rings. The number of allylic oxidation sites excluding steroid dienone is 4. The van der Waals surface area contributed by atoms with E-state index >= 15 is 0 Å². The van der Waals surface area contributed by atoms with Crippen molar-refractivity contribution in [3.05, 3.63) is 66.3 Å². The summed E-state index contributed by atoms with van der Waals surface area (Å²) in [5.74, 6) is 0. The van der Waals surface area contributed by atoms with E-state index in [-0.39, 0.29) is 0 Å². The first-order chi connectivity index (χ1) is 6.36. The van der Waals surface area contributed by atoms with Gasteiger partial charge in [0.25, 0.3) is 0 Å². The van der Waals surface area contributed by atoms with Crippen LogP contribution in [0.4, 0.5) is 0 Å². The van der Waals surface area contributed by atoms with Gasteiger partial charge in [0.05, 0.1) is 0 Å². The van der Waals surface area contributed by atoms with Gasteiger partial charge in [0.15, 0.2) is 0 Å². The van der Waals surface area contributed by atoms with Crippen LogP contribution in [0.1, 0.15) is 12.5 Å². The van der Waals surface area contributed by atoms with Crippen molar-refractivity contribution in [2.24, 2.45) is 0 Å². The molecule has 0 aliphatic carbocycles. The first kappa shape index (κ1) is 9.53. The van der Waals surface area contributed by atoms with Crippen molar-refractivity contribution >= 4 is 6.08 Å². The Bertz CT molecular complexity index is 315. The van der Waals surface area contributed by atoms with Crippen LogP contribution in [0.15, 0.2) is 60.7 Å². The Kier molecular flexibility index (Phi) is 3.77. The van der Waals surface area contributed by atoms with E-state index in [0.29, 0.717) is 0 Å². The minimum Gasteiger partial charge on any atom is -0.0985 e. The highest BCUT2D eigenvalue weighted by molar-refractivity contribution is 5.54. The van der Waals surface area contributed by atoms with Crippen LogP contribution in [0.3, 0.4) is 0 Å². The molecule has 0 heteroatoms. The Morgan fingerprint density at radius 2 is 1.92 bits per heavy atom. The van der Waals surface area contributed by atoms with Gasteiger partial charge in [-0.1, -0.05) is 61.2 Å². The topological polar surface area (TPSA) is 0 Å². The maximum Gasteiger partial charge on any atom is -0.0256 e. The molecule has 0 aromatic heterocycles. The van der Waals surface area contributed by atoms with Gasteiger partial charge in [0, 0.05) is 0 Å². The van der Waals surface area contributed by atoms with Crippen LogP contribution >= 0.6 is 0 Å². The molecule has 0 saturated carbocycles. The Morgan fingerprint density at radius 3 is 2.46 bits per heavy atom. The largest absolute Gasteiger partial charge is 0.0985 e. The molecule has 0 bridgehead atoms. The first-order valence-corrected chi connectivity index (χ1v) is 4.38. The highest BCUT2D eigenvalue weighted by atomic mass is 13.9. The van der Waals surface area contributed by atoms with E-state index in [1.807, 2.05) is 37.3 Å². The van der Waals surface area contributed by atoms with Gasteiger partial charge in [-0.2, -0.15) is 0 Å². The second-order valence-electron chi connectivity index (χ2n) is 2.74. The second-order valence-corrected chi connectivity index (χ2v) is 2.74. The lowest BCUT2D eigenvalue weighted by atomic mass is 10.1. The molecule has 0 saturated heterocycles. The molecule has 0 spiro atoms. The normalized spacial score (nSPS) is 11.9. The van der Waals surface area contributed by atoms with Crippen molar-refractivity contribution in [2.75, 3.05) is 0 Å². The molecule has 0 N–H and O–H groups in total. The lowest BCUT2D eigenvalue weighted by Crippen LogP contribution is -1.70. The summed E-state index contributed by atoms with van der Waals surface area (Å²) in [7, 11) is 0. The zero-order chi connectivity index (χ0) is 9.52. The molecule has 0 atom stereocenters. The molecule has 1 aromatic carbocycles. The van der Waals surface area contributed by atoms with E-state index < -0.39 is 0 Å². The third kappa shape index (κ3) is 3.12. The molecule has 1 aromatic rings. The second kappa shape index (κ2) is 5.15. The van der Waals surface area contributed by atoms with Crippen LogP contribution in [0.5, 0.6) is 0 Å². The van der Waals surface area contributed by atoms with E-state index in [9.17, 15) is 0 Å². The summed E-state index contributed by atoms with van der Waals surface area (Å²) in [5, 5.41) is 0. The lowest BCUT2D eigenvalue weighted by Gasteiger charge is -1.92. The monoisotopic (exact) mass is 170 g/mol. The Morgan fingerprint density at radius 1 is 1.23 bits per heavy atom. The minimum absolute atomic E-state index is 1.14. The highest BCUT2D eigenvalue weighted by Gasteiger charge is 1.83. The summed E-state index contributed by atoms with van der Waals surface area (Å²) in [4.78, 5) is 0. The molecule has 0 fully saturated rings. The molecule has 13 heavy (non-hydrogen) atoms. The van der Waals surface area contributed by atoms with E-state index in [2.05, 4.69) is 30.9 Å². The van der Waals surface area contributed by atoms with Crippen LogP contribution in [-0.4, -0.2) is 0 Å². The van der Waals surface area contributed by atoms with Crippen molar-refractivity contribution in [3.8, 4) is 0 Å². The van der Waals surface area contributed by atoms with Gasteiger partial charge in [0.1, 0.15) is 0 Å². The molecule has 0 amide bonds. The Hall–Kier alpha value is -1.56. The van der Waals surface area contributed by atoms with Crippen molar-refractivity contribution in [1.29, 1.82) is 0 Å². The van der Waals surface area contributed by atoms with Crippen molar-refractivity contribution in [1.82, 2.24) is 0 Å². The molecule has 0 nitrogen and oxygen atoms in total. The van der Waals surface area contributed by atoms with Gasteiger partial charge in [-0.3, -0.25) is 0 Å². The average Bonchev–Trinajstić information content (AvgIpc) is 2.21. The van der Waals surface area contributed by atoms with E-state index in [1.165, 1.54) is 5.56 Å². The number of benzene rings is 1. The van der Waals surface area contributed by atoms with Gasteiger partial charge >= 0.3 is 0 Å². The summed E-state index contributed by atoms with van der Waals surface area (Å²) in [5.41, 5.74) is 2.35. The highest BCUT2D eigenvalue weighted by Crippen LogP contribution is 2.05. The Balaban J connectivity index is 2.74. The summed E-state index contributed by atoms with van der Waals surface area (Å²) in [6.45, 7) is 5.73. The van der Waals surface area contributed by atoms with Crippen molar-refractivity contribution in [2.45, 2.75) is 6.92 Å². The van der Waals surface area contributed by atoms with Crippen LogP contribution in [-0.2, 0) is 0 Å². The molecule has 0 heterocycles. The standard InChI is InChI=1S/C13H14/c1-3-12(4-2)10-11-13-8-6-5-7-9-13/h3-11H,1H2,2H3. The predicted molar refractivity (Wildman–Crippen MR) is 59.4 cm³/mol. The minimum atomic E-state index is 1.14. The Labute approximate surface area is 79.9 Å². The van der Waals surface area contributed by atoms with Crippen LogP contribution in [0.25, 0.3) is 6.08 Å². The number of rotatable bonds is 3. The zero-order valence-corrected chi connectivity index (χ0v) is 7.90. The third-order valence-corrected chi connectivity index (χ3v) is 1.84. The van der Waals surface area contributed by atoms with Crippen molar-refractivity contribution in [3.63, 3.8) is 0 Å². The SMILES string of the molecule is C=CC(C=Cc1ccccc1)=CC. The fourth-order valence-electron chi connectivity index (χ4n) is 1.04. The molecule has 0 unspecified atom stereocenters. The van der Waals surface area contributed by atoms with E-state index in [4.69, 9.17) is 0 Å². The fourth-order valence-corrected chi connectivity index (χ4v) is 1.04. The predicted octanol–water partition coefficient (Wildman–Crippen LogP) is 3.83. The summed E-state index contributed by atoms with van der Waals surface area (Å²) in [6, 6.07) is 10.2. The molecular weight excluding hydrogens is 156 g/mol. The number of hydrogen-bond donors (Lipinski definition) is 0.